The molecule has 0 unspecified atom stereocenters. The Morgan fingerprint density at radius 2 is 1.78 bits per heavy atom. The standard InChI is InChI=1S/C26H21N3O2S/c1-16-7-6-10-20-26(16)32-23-14-19-17(2)13-25(31)29(22(19)15-21(23)27-20)28-24(30)12-11-18-8-4-3-5-9-18/h3-15,27H,1-2H3,(H,28,30)/b12-11+. The van der Waals surface area contributed by atoms with Crippen LogP contribution in [0.1, 0.15) is 16.7 Å². The van der Waals surface area contributed by atoms with Crippen LogP contribution < -0.4 is 16.3 Å². The first-order valence-corrected chi connectivity index (χ1v) is 11.1. The summed E-state index contributed by atoms with van der Waals surface area (Å²) >= 11 is 1.71. The van der Waals surface area contributed by atoms with Gasteiger partial charge in [0.1, 0.15) is 0 Å². The van der Waals surface area contributed by atoms with Gasteiger partial charge in [-0.15, -0.1) is 0 Å². The summed E-state index contributed by atoms with van der Waals surface area (Å²) in [4.78, 5) is 27.6. The van der Waals surface area contributed by atoms with Gasteiger partial charge in [-0.3, -0.25) is 15.0 Å². The van der Waals surface area contributed by atoms with Crippen molar-refractivity contribution < 1.29 is 4.79 Å². The van der Waals surface area contributed by atoms with Crippen LogP contribution in [0.2, 0.25) is 0 Å². The van der Waals surface area contributed by atoms with Gasteiger partial charge in [-0.1, -0.05) is 54.2 Å². The molecule has 5 rings (SSSR count). The zero-order chi connectivity index (χ0) is 22.2. The van der Waals surface area contributed by atoms with Gasteiger partial charge in [-0.2, -0.15) is 0 Å². The summed E-state index contributed by atoms with van der Waals surface area (Å²) in [6, 6.07) is 21.3. The molecule has 5 nitrogen and oxygen atoms in total. The molecule has 0 spiro atoms. The van der Waals surface area contributed by atoms with E-state index in [9.17, 15) is 9.59 Å². The highest BCUT2D eigenvalue weighted by Crippen LogP contribution is 2.46. The fraction of sp³-hybridized carbons (Fsp3) is 0.0769. The Morgan fingerprint density at radius 1 is 0.969 bits per heavy atom. The lowest BCUT2D eigenvalue weighted by Gasteiger charge is -2.24. The van der Waals surface area contributed by atoms with Crippen molar-refractivity contribution in [2.24, 2.45) is 0 Å². The Bertz CT molecular complexity index is 1460. The lowest BCUT2D eigenvalue weighted by molar-refractivity contribution is -0.112. The number of rotatable bonds is 3. The highest BCUT2D eigenvalue weighted by molar-refractivity contribution is 7.99. The molecule has 0 atom stereocenters. The molecule has 3 aromatic carbocycles. The van der Waals surface area contributed by atoms with Gasteiger partial charge >= 0.3 is 0 Å². The summed E-state index contributed by atoms with van der Waals surface area (Å²) in [6.07, 6.45) is 3.15. The summed E-state index contributed by atoms with van der Waals surface area (Å²) in [6.45, 7) is 4.01. The number of hydrogen-bond donors (Lipinski definition) is 2. The smallest absolute Gasteiger partial charge is 0.270 e. The van der Waals surface area contributed by atoms with Gasteiger partial charge in [0.05, 0.1) is 16.9 Å². The molecule has 2 N–H and O–H groups in total. The van der Waals surface area contributed by atoms with Crippen molar-refractivity contribution in [1.82, 2.24) is 4.68 Å². The van der Waals surface area contributed by atoms with E-state index < -0.39 is 0 Å². The number of amides is 1. The molecule has 1 aromatic heterocycles. The van der Waals surface area contributed by atoms with Gasteiger partial charge in [0, 0.05) is 27.3 Å². The summed E-state index contributed by atoms with van der Waals surface area (Å²) in [5.74, 6) is -0.373. The van der Waals surface area contributed by atoms with Crippen LogP contribution in [0.25, 0.3) is 17.0 Å². The van der Waals surface area contributed by atoms with Crippen LogP contribution in [0.3, 0.4) is 0 Å². The highest BCUT2D eigenvalue weighted by Gasteiger charge is 2.20. The van der Waals surface area contributed by atoms with Crippen LogP contribution in [0.5, 0.6) is 0 Å². The number of fused-ring (bicyclic) bond motifs is 3. The third kappa shape index (κ3) is 3.69. The molecular formula is C26H21N3O2S. The average Bonchev–Trinajstić information content (AvgIpc) is 2.79. The van der Waals surface area contributed by atoms with E-state index in [1.165, 1.54) is 21.2 Å². The largest absolute Gasteiger partial charge is 0.354 e. The Kier molecular flexibility index (Phi) is 5.07. The summed E-state index contributed by atoms with van der Waals surface area (Å²) in [7, 11) is 0. The second kappa shape index (κ2) is 8.05. The first kappa shape index (κ1) is 20.2. The number of benzene rings is 3. The van der Waals surface area contributed by atoms with Crippen molar-refractivity contribution in [1.29, 1.82) is 0 Å². The predicted octanol–water partition coefficient (Wildman–Crippen LogP) is 5.61. The molecule has 1 amide bonds. The van der Waals surface area contributed by atoms with Crippen molar-refractivity contribution >= 4 is 46.0 Å². The monoisotopic (exact) mass is 439 g/mol. The maximum atomic E-state index is 12.8. The third-order valence-corrected chi connectivity index (χ3v) is 6.77. The van der Waals surface area contributed by atoms with Crippen molar-refractivity contribution in [3.8, 4) is 0 Å². The number of nitrogens with one attached hydrogen (secondary N) is 2. The van der Waals surface area contributed by atoms with Gasteiger partial charge in [0.15, 0.2) is 0 Å². The lowest BCUT2D eigenvalue weighted by atomic mass is 10.1. The number of hydrogen-bond acceptors (Lipinski definition) is 4. The van der Waals surface area contributed by atoms with Gasteiger partial charge in [0.2, 0.25) is 0 Å². The minimum Gasteiger partial charge on any atom is -0.354 e. The molecule has 0 aliphatic carbocycles. The van der Waals surface area contributed by atoms with Crippen molar-refractivity contribution in [2.75, 3.05) is 10.7 Å². The molecule has 158 valence electrons. The van der Waals surface area contributed by atoms with Crippen LogP contribution in [0.15, 0.2) is 87.4 Å². The zero-order valence-corrected chi connectivity index (χ0v) is 18.5. The van der Waals surface area contributed by atoms with Gasteiger partial charge < -0.3 is 5.32 Å². The molecule has 0 bridgehead atoms. The number of anilines is 2. The lowest BCUT2D eigenvalue weighted by Crippen LogP contribution is -2.32. The van der Waals surface area contributed by atoms with E-state index in [4.69, 9.17) is 0 Å². The van der Waals surface area contributed by atoms with E-state index in [0.717, 1.165) is 32.8 Å². The zero-order valence-electron chi connectivity index (χ0n) is 17.7. The van der Waals surface area contributed by atoms with Crippen molar-refractivity contribution in [2.45, 2.75) is 23.6 Å². The minimum absolute atomic E-state index is 0.281. The maximum Gasteiger partial charge on any atom is 0.270 e. The Labute approximate surface area is 189 Å². The number of pyridine rings is 1. The van der Waals surface area contributed by atoms with Crippen LogP contribution in [0.4, 0.5) is 11.4 Å². The molecule has 0 saturated heterocycles. The molecule has 0 fully saturated rings. The van der Waals surface area contributed by atoms with Crippen LogP contribution in [-0.4, -0.2) is 10.6 Å². The topological polar surface area (TPSA) is 63.1 Å². The molecule has 0 radical (unpaired) electrons. The highest BCUT2D eigenvalue weighted by atomic mass is 32.2. The molecule has 2 heterocycles. The quantitative estimate of drug-likeness (QED) is 0.359. The SMILES string of the molecule is Cc1cccc2c1Sc1cc3c(C)cc(=O)n(NC(=O)/C=C/c4ccccc4)c3cc1N2. The maximum absolute atomic E-state index is 12.8. The normalized spacial score (nSPS) is 12.3. The average molecular weight is 440 g/mol. The van der Waals surface area contributed by atoms with Crippen molar-refractivity contribution in [3.05, 3.63) is 99.9 Å². The fourth-order valence-electron chi connectivity index (χ4n) is 3.84. The van der Waals surface area contributed by atoms with Crippen LogP contribution in [-0.2, 0) is 4.79 Å². The molecule has 0 saturated carbocycles. The van der Waals surface area contributed by atoms with Crippen molar-refractivity contribution in [3.63, 3.8) is 0 Å². The molecular weight excluding hydrogens is 418 g/mol. The van der Waals surface area contributed by atoms with Gasteiger partial charge in [-0.25, -0.2) is 4.68 Å². The number of aromatic nitrogens is 1. The first-order chi connectivity index (χ1) is 15.5. The second-order valence-electron chi connectivity index (χ2n) is 7.77. The van der Waals surface area contributed by atoms with Crippen LogP contribution in [0, 0.1) is 13.8 Å². The number of nitrogens with zero attached hydrogens (tertiary/aromatic N) is 1. The second-order valence-corrected chi connectivity index (χ2v) is 8.82. The Morgan fingerprint density at radius 3 is 2.59 bits per heavy atom. The van der Waals surface area contributed by atoms with E-state index in [2.05, 4.69) is 29.8 Å². The molecule has 1 aliphatic heterocycles. The summed E-state index contributed by atoms with van der Waals surface area (Å²) < 4.78 is 1.32. The Balaban J connectivity index is 1.54. The molecule has 32 heavy (non-hydrogen) atoms. The minimum atomic E-state index is -0.373. The number of carbonyl (C=O) groups excluding carboxylic acids is 1. The third-order valence-electron chi connectivity index (χ3n) is 5.47. The number of carbonyl (C=O) groups is 1. The molecule has 6 heteroatoms. The predicted molar refractivity (Wildman–Crippen MR) is 131 cm³/mol. The molecule has 1 aliphatic rings. The first-order valence-electron chi connectivity index (χ1n) is 10.3. The molecule has 4 aromatic rings. The summed E-state index contributed by atoms with van der Waals surface area (Å²) in [5, 5.41) is 4.40. The van der Waals surface area contributed by atoms with Gasteiger partial charge in [-0.05, 0) is 54.8 Å². The van der Waals surface area contributed by atoms with E-state index in [0.29, 0.717) is 5.52 Å². The van der Waals surface area contributed by atoms with E-state index in [-0.39, 0.29) is 11.5 Å². The van der Waals surface area contributed by atoms with E-state index in [1.807, 2.05) is 55.5 Å². The van der Waals surface area contributed by atoms with Crippen LogP contribution >= 0.6 is 11.8 Å². The van der Waals surface area contributed by atoms with E-state index >= 15 is 0 Å². The fourth-order valence-corrected chi connectivity index (χ4v) is 4.91. The van der Waals surface area contributed by atoms with Gasteiger partial charge in [0.25, 0.3) is 11.5 Å². The van der Waals surface area contributed by atoms with E-state index in [1.54, 1.807) is 23.9 Å². The Hall–Kier alpha value is -3.77. The number of aryl methyl sites for hydroxylation is 2. The summed E-state index contributed by atoms with van der Waals surface area (Å²) in [5.41, 5.74) is 8.04.